The van der Waals surface area contributed by atoms with Gasteiger partial charge in [0.15, 0.2) is 0 Å². The molecule has 0 fully saturated rings. The smallest absolute Gasteiger partial charge is 0.137 e. The Balaban J connectivity index is 0.907. The molecule has 7 heteroatoms. The van der Waals surface area contributed by atoms with Gasteiger partial charge in [0.05, 0.1) is 62.5 Å². The number of nitrogens with zero attached hydrogens (tertiary/aromatic N) is 6. The van der Waals surface area contributed by atoms with Gasteiger partial charge < -0.3 is 23.7 Å². The molecule has 15 rings (SSSR count). The fourth-order valence-electron chi connectivity index (χ4n) is 13.0. The van der Waals surface area contributed by atoms with E-state index in [1.807, 2.05) is 0 Å². The van der Waals surface area contributed by atoms with Crippen molar-refractivity contribution in [2.75, 3.05) is 23.5 Å². The van der Waals surface area contributed by atoms with E-state index in [4.69, 9.17) is 9.72 Å². The highest BCUT2D eigenvalue weighted by atomic mass is 16.5. The van der Waals surface area contributed by atoms with Gasteiger partial charge in [0, 0.05) is 74.5 Å². The Hall–Kier alpha value is -9.85. The van der Waals surface area contributed by atoms with Crippen LogP contribution >= 0.6 is 0 Å². The Labute approximate surface area is 452 Å². The highest BCUT2D eigenvalue weighted by Gasteiger charge is 2.27. The molecule has 1 aliphatic heterocycles. The number of pyridine rings is 1. The van der Waals surface area contributed by atoms with Gasteiger partial charge in [-0.25, -0.2) is 4.98 Å². The summed E-state index contributed by atoms with van der Waals surface area (Å²) in [4.78, 5) is 10.2. The second kappa shape index (κ2) is 17.6. The lowest BCUT2D eigenvalue weighted by Gasteiger charge is -2.22. The fraction of sp³-hybridized carbons (Fsp3) is 0.0845. The van der Waals surface area contributed by atoms with Crippen LogP contribution in [-0.2, 0) is 0 Å². The number of para-hydroxylation sites is 7. The summed E-state index contributed by atoms with van der Waals surface area (Å²) in [5.74, 6) is 2.35. The zero-order valence-corrected chi connectivity index (χ0v) is 44.2. The quantitative estimate of drug-likeness (QED) is 0.152. The molecule has 0 atom stereocenters. The number of hydrogen-bond donors (Lipinski definition) is 0. The van der Waals surface area contributed by atoms with E-state index in [2.05, 4.69) is 283 Å². The predicted molar refractivity (Wildman–Crippen MR) is 325 cm³/mol. The Morgan fingerprint density at radius 2 is 0.872 bits per heavy atom. The molecule has 0 N–H and O–H groups in total. The maximum Gasteiger partial charge on any atom is 0.137 e. The lowest BCUT2D eigenvalue weighted by Crippen LogP contribution is -2.24. The number of aryl methyl sites for hydroxylation is 4. The molecule has 0 saturated heterocycles. The van der Waals surface area contributed by atoms with Crippen LogP contribution in [0.25, 0.3) is 105 Å². The first-order valence-corrected chi connectivity index (χ1v) is 26.9. The van der Waals surface area contributed by atoms with Crippen molar-refractivity contribution in [3.8, 4) is 50.9 Å². The van der Waals surface area contributed by atoms with Gasteiger partial charge in [0.1, 0.15) is 17.3 Å². The molecule has 374 valence electrons. The molecule has 0 saturated carbocycles. The molecule has 0 bridgehead atoms. The first kappa shape index (κ1) is 45.5. The third-order valence-corrected chi connectivity index (χ3v) is 16.2. The number of aromatic nitrogens is 4. The largest absolute Gasteiger partial charge is 0.457 e. The molecule has 7 nitrogen and oxygen atoms in total. The van der Waals surface area contributed by atoms with Gasteiger partial charge in [-0.15, -0.1) is 0 Å². The van der Waals surface area contributed by atoms with Crippen molar-refractivity contribution in [2.45, 2.75) is 27.7 Å². The highest BCUT2D eigenvalue weighted by molar-refractivity contribution is 6.13. The number of hydrogen-bond acceptors (Lipinski definition) is 4. The molecule has 10 aromatic carbocycles. The van der Waals surface area contributed by atoms with E-state index in [0.29, 0.717) is 0 Å². The molecule has 0 amide bonds. The van der Waals surface area contributed by atoms with Gasteiger partial charge in [0.25, 0.3) is 0 Å². The standard InChI is InChI=1S/C71H54N6O/c1-44-35-46(3)70(47(4)36-44)48-38-49(74-43-73(5)64-29-16-17-30-65(64)74)40-51(39-48)78-50-33-34-57-56-23-10-15-28-63(56)77(68(57)41-50)69-37-45(2)58(42-72-69)71-66(75-59-24-11-6-19-52(59)53-20-7-12-25-60(53)75)31-18-32-67(71)76-61-26-13-8-21-54(61)55-22-9-14-27-62(55)76/h6-42H,43H2,1-5H3. The van der Waals surface area contributed by atoms with E-state index in [-0.39, 0.29) is 0 Å². The monoisotopic (exact) mass is 1010 g/mol. The highest BCUT2D eigenvalue weighted by Crippen LogP contribution is 2.46. The van der Waals surface area contributed by atoms with Crippen molar-refractivity contribution in [1.29, 1.82) is 0 Å². The van der Waals surface area contributed by atoms with Crippen LogP contribution in [0.5, 0.6) is 11.5 Å². The van der Waals surface area contributed by atoms with Crippen LogP contribution in [0.3, 0.4) is 0 Å². The average Bonchev–Trinajstić information content (AvgIpc) is 4.36. The first-order valence-electron chi connectivity index (χ1n) is 26.9. The summed E-state index contributed by atoms with van der Waals surface area (Å²) in [6, 6.07) is 79.1. The molecule has 1 aliphatic rings. The zero-order valence-electron chi connectivity index (χ0n) is 44.2. The zero-order chi connectivity index (χ0) is 52.3. The normalized spacial score (nSPS) is 12.6. The Kier molecular flexibility index (Phi) is 10.3. The Morgan fingerprint density at radius 1 is 0.385 bits per heavy atom. The summed E-state index contributed by atoms with van der Waals surface area (Å²) in [6.07, 6.45) is 2.10. The molecular weight excluding hydrogens is 953 g/mol. The van der Waals surface area contributed by atoms with E-state index in [1.54, 1.807) is 0 Å². The summed E-state index contributed by atoms with van der Waals surface area (Å²) >= 11 is 0. The molecule has 4 aromatic heterocycles. The third-order valence-electron chi connectivity index (χ3n) is 16.2. The van der Waals surface area contributed by atoms with Crippen LogP contribution in [0.1, 0.15) is 22.3 Å². The van der Waals surface area contributed by atoms with Crippen molar-refractivity contribution < 1.29 is 4.74 Å². The number of rotatable bonds is 8. The molecule has 78 heavy (non-hydrogen) atoms. The van der Waals surface area contributed by atoms with Crippen molar-refractivity contribution in [1.82, 2.24) is 18.7 Å². The minimum Gasteiger partial charge on any atom is -0.457 e. The SMILES string of the molecule is Cc1cc(C)c(-c2cc(Oc3ccc4c5ccccc5n(-c5cc(C)c(-c6c(-n7c8ccccc8c8ccccc87)cccc6-n6c7ccccc7c7ccccc76)cn5)c4c3)cc(N3CN(C)c4ccccc43)c2)c(C)c1. The maximum atomic E-state index is 7.10. The number of benzene rings is 10. The van der Waals surface area contributed by atoms with E-state index in [9.17, 15) is 0 Å². The summed E-state index contributed by atoms with van der Waals surface area (Å²) in [7, 11) is 2.16. The second-order valence-corrected chi connectivity index (χ2v) is 21.1. The van der Waals surface area contributed by atoms with E-state index in [0.717, 1.165) is 107 Å². The van der Waals surface area contributed by atoms with Crippen LogP contribution < -0.4 is 14.5 Å². The first-order chi connectivity index (χ1) is 38.3. The number of fused-ring (bicyclic) bond motifs is 10. The van der Waals surface area contributed by atoms with E-state index in [1.165, 1.54) is 55.2 Å². The molecule has 0 aliphatic carbocycles. The average molecular weight is 1010 g/mol. The maximum absolute atomic E-state index is 7.10. The topological polar surface area (TPSA) is 43.4 Å². The van der Waals surface area contributed by atoms with Gasteiger partial charge in [-0.2, -0.15) is 0 Å². The Morgan fingerprint density at radius 3 is 1.42 bits per heavy atom. The lowest BCUT2D eigenvalue weighted by atomic mass is 9.93. The van der Waals surface area contributed by atoms with Crippen molar-refractivity contribution >= 4 is 82.5 Å². The van der Waals surface area contributed by atoms with Gasteiger partial charge >= 0.3 is 0 Å². The summed E-state index contributed by atoms with van der Waals surface area (Å²) in [6.45, 7) is 9.57. The third kappa shape index (κ3) is 7.01. The molecule has 0 unspecified atom stereocenters. The molecular formula is C71H54N6O. The molecule has 5 heterocycles. The lowest BCUT2D eigenvalue weighted by molar-refractivity contribution is 0.483. The molecule has 0 radical (unpaired) electrons. The predicted octanol–water partition coefficient (Wildman–Crippen LogP) is 18.3. The van der Waals surface area contributed by atoms with Crippen molar-refractivity contribution in [3.63, 3.8) is 0 Å². The van der Waals surface area contributed by atoms with Gasteiger partial charge in [-0.05, 0) is 140 Å². The van der Waals surface area contributed by atoms with Gasteiger partial charge in [-0.3, -0.25) is 4.57 Å². The van der Waals surface area contributed by atoms with Crippen LogP contribution in [0.4, 0.5) is 17.1 Å². The van der Waals surface area contributed by atoms with Gasteiger partial charge in [0.2, 0.25) is 0 Å². The van der Waals surface area contributed by atoms with Crippen LogP contribution in [0.15, 0.2) is 225 Å². The Bertz CT molecular complexity index is 4520. The van der Waals surface area contributed by atoms with Crippen molar-refractivity contribution in [2.24, 2.45) is 0 Å². The molecule has 0 spiro atoms. The fourth-order valence-corrected chi connectivity index (χ4v) is 13.0. The summed E-state index contributed by atoms with van der Waals surface area (Å²) < 4.78 is 14.3. The van der Waals surface area contributed by atoms with Gasteiger partial charge in [-0.1, -0.05) is 127 Å². The minimum absolute atomic E-state index is 0.735. The summed E-state index contributed by atoms with van der Waals surface area (Å²) in [5, 5.41) is 7.15. The summed E-state index contributed by atoms with van der Waals surface area (Å²) in [5.41, 5.74) is 21.7. The number of ether oxygens (including phenoxy) is 1. The van der Waals surface area contributed by atoms with Crippen LogP contribution in [-0.4, -0.2) is 32.4 Å². The van der Waals surface area contributed by atoms with Crippen LogP contribution in [0.2, 0.25) is 0 Å². The van der Waals surface area contributed by atoms with Crippen molar-refractivity contribution in [3.05, 3.63) is 247 Å². The van der Waals surface area contributed by atoms with E-state index < -0.39 is 0 Å². The molecule has 14 aromatic rings. The second-order valence-electron chi connectivity index (χ2n) is 21.1. The minimum atomic E-state index is 0.735. The van der Waals surface area contributed by atoms with E-state index >= 15 is 0 Å². The van der Waals surface area contributed by atoms with Crippen LogP contribution in [0, 0.1) is 27.7 Å². The number of anilines is 3.